The van der Waals surface area contributed by atoms with Crippen LogP contribution in [0.5, 0.6) is 0 Å². The van der Waals surface area contributed by atoms with Gasteiger partial charge in [-0.05, 0) is 37.6 Å². The molecule has 1 amide bonds. The van der Waals surface area contributed by atoms with Gasteiger partial charge in [-0.3, -0.25) is 4.79 Å². The number of aromatic nitrogens is 2. The molecule has 0 aliphatic rings. The Morgan fingerprint density at radius 3 is 2.58 bits per heavy atom. The highest BCUT2D eigenvalue weighted by atomic mass is 16.5. The van der Waals surface area contributed by atoms with Gasteiger partial charge >= 0.3 is 5.97 Å². The molecule has 1 N–H and O–H groups in total. The maximum Gasteiger partial charge on any atom is 0.357 e. The number of aryl methyl sites for hydroxylation is 1. The Morgan fingerprint density at radius 2 is 1.96 bits per heavy atom. The smallest absolute Gasteiger partial charge is 0.357 e. The first-order valence-corrected chi connectivity index (χ1v) is 8.08. The van der Waals surface area contributed by atoms with Crippen molar-refractivity contribution in [2.45, 2.75) is 41.2 Å². The fraction of sp³-hybridized carbons (Fsp3) is 0.389. The van der Waals surface area contributed by atoms with Gasteiger partial charge in [0.2, 0.25) is 5.91 Å². The Kier molecular flexibility index (Phi) is 7.68. The highest BCUT2D eigenvalue weighted by molar-refractivity contribution is 5.88. The second-order valence-electron chi connectivity index (χ2n) is 4.88. The Labute approximate surface area is 142 Å². The van der Waals surface area contributed by atoms with Crippen molar-refractivity contribution in [3.8, 4) is 5.69 Å². The first kappa shape index (κ1) is 19.4. The van der Waals surface area contributed by atoms with E-state index in [1.165, 1.54) is 6.92 Å². The Morgan fingerprint density at radius 1 is 1.25 bits per heavy atom. The van der Waals surface area contributed by atoms with E-state index in [1.807, 2.05) is 45.0 Å². The summed E-state index contributed by atoms with van der Waals surface area (Å²) >= 11 is 0. The summed E-state index contributed by atoms with van der Waals surface area (Å²) in [6.45, 7) is 9.79. The third-order valence-corrected chi connectivity index (χ3v) is 3.01. The molecular formula is C18H25N3O3. The quantitative estimate of drug-likeness (QED) is 0.855. The van der Waals surface area contributed by atoms with Crippen LogP contribution in [0.1, 0.15) is 49.4 Å². The fourth-order valence-electron chi connectivity index (χ4n) is 2.07. The topological polar surface area (TPSA) is 73.2 Å². The molecule has 0 fully saturated rings. The van der Waals surface area contributed by atoms with Gasteiger partial charge < -0.3 is 10.1 Å². The summed E-state index contributed by atoms with van der Waals surface area (Å²) in [5.74, 6) is -0.497. The maximum absolute atomic E-state index is 12.0. The van der Waals surface area contributed by atoms with E-state index in [-0.39, 0.29) is 5.91 Å². The van der Waals surface area contributed by atoms with Crippen LogP contribution in [-0.4, -0.2) is 28.3 Å². The van der Waals surface area contributed by atoms with Crippen LogP contribution in [0.4, 0.5) is 0 Å². The highest BCUT2D eigenvalue weighted by Gasteiger charge is 2.16. The van der Waals surface area contributed by atoms with E-state index >= 15 is 0 Å². The van der Waals surface area contributed by atoms with Gasteiger partial charge in [0.25, 0.3) is 0 Å². The molecule has 0 spiro atoms. The molecule has 6 nitrogen and oxygen atoms in total. The van der Waals surface area contributed by atoms with Gasteiger partial charge in [0, 0.05) is 13.5 Å². The number of hydrogen-bond acceptors (Lipinski definition) is 4. The van der Waals surface area contributed by atoms with Crippen molar-refractivity contribution in [3.05, 3.63) is 47.3 Å². The minimum Gasteiger partial charge on any atom is -0.461 e. The number of carbonyl (C=O) groups is 2. The van der Waals surface area contributed by atoms with Crippen LogP contribution in [-0.2, 0) is 16.1 Å². The first-order valence-electron chi connectivity index (χ1n) is 8.08. The molecule has 130 valence electrons. The molecule has 0 aliphatic heterocycles. The van der Waals surface area contributed by atoms with Crippen LogP contribution < -0.4 is 5.32 Å². The van der Waals surface area contributed by atoms with Crippen molar-refractivity contribution >= 4 is 11.9 Å². The van der Waals surface area contributed by atoms with Gasteiger partial charge in [-0.25, -0.2) is 9.48 Å². The Bertz CT molecular complexity index is 693. The van der Waals surface area contributed by atoms with Gasteiger partial charge in [-0.15, -0.1) is 0 Å². The zero-order valence-corrected chi connectivity index (χ0v) is 14.9. The molecule has 0 saturated heterocycles. The summed E-state index contributed by atoms with van der Waals surface area (Å²) in [6, 6.07) is 9.19. The molecule has 0 unspecified atom stereocenters. The monoisotopic (exact) mass is 331 g/mol. The lowest BCUT2D eigenvalue weighted by Gasteiger charge is -2.09. The standard InChI is InChI=1S/C16H19N3O3.C2H6/c1-4-22-16(21)15-8-11(2)18-19(15)14-7-5-6-13(9-14)10-17-12(3)20;1-2/h5-9H,4,10H2,1-3H3,(H,17,20);1-2H3. The summed E-state index contributed by atoms with van der Waals surface area (Å²) in [5.41, 5.74) is 2.79. The summed E-state index contributed by atoms with van der Waals surface area (Å²) in [6.07, 6.45) is 0. The molecule has 0 saturated carbocycles. The predicted octanol–water partition coefficient (Wildman–Crippen LogP) is 3.02. The van der Waals surface area contributed by atoms with Crippen LogP contribution in [0.3, 0.4) is 0 Å². The van der Waals surface area contributed by atoms with Gasteiger partial charge in [-0.2, -0.15) is 5.10 Å². The molecule has 0 aliphatic carbocycles. The van der Waals surface area contributed by atoms with Crippen molar-refractivity contribution in [2.24, 2.45) is 0 Å². The number of amides is 1. The minimum absolute atomic E-state index is 0.0902. The number of nitrogens with zero attached hydrogens (tertiary/aromatic N) is 2. The number of carbonyl (C=O) groups excluding carboxylic acids is 2. The van der Waals surface area contributed by atoms with Crippen molar-refractivity contribution in [2.75, 3.05) is 6.61 Å². The highest BCUT2D eigenvalue weighted by Crippen LogP contribution is 2.15. The normalized spacial score (nSPS) is 9.71. The fourth-order valence-corrected chi connectivity index (χ4v) is 2.07. The molecule has 0 atom stereocenters. The summed E-state index contributed by atoms with van der Waals surface area (Å²) in [5, 5.41) is 7.09. The predicted molar refractivity (Wildman–Crippen MR) is 93.1 cm³/mol. The van der Waals surface area contributed by atoms with E-state index in [0.29, 0.717) is 18.8 Å². The van der Waals surface area contributed by atoms with Gasteiger partial charge in [-0.1, -0.05) is 26.0 Å². The van der Waals surface area contributed by atoms with E-state index in [1.54, 1.807) is 17.7 Å². The number of esters is 1. The number of nitrogens with one attached hydrogen (secondary N) is 1. The van der Waals surface area contributed by atoms with Crippen molar-refractivity contribution < 1.29 is 14.3 Å². The lowest BCUT2D eigenvalue weighted by molar-refractivity contribution is -0.119. The average molecular weight is 331 g/mol. The van der Waals surface area contributed by atoms with Gasteiger partial charge in [0.1, 0.15) is 0 Å². The van der Waals surface area contributed by atoms with E-state index < -0.39 is 5.97 Å². The molecule has 1 aromatic heterocycles. The lowest BCUT2D eigenvalue weighted by atomic mass is 10.2. The van der Waals surface area contributed by atoms with Crippen LogP contribution >= 0.6 is 0 Å². The molecule has 1 aromatic carbocycles. The van der Waals surface area contributed by atoms with Gasteiger partial charge in [0.05, 0.1) is 18.0 Å². The minimum atomic E-state index is -0.407. The van der Waals surface area contributed by atoms with E-state index in [0.717, 1.165) is 16.9 Å². The summed E-state index contributed by atoms with van der Waals surface area (Å²) in [4.78, 5) is 23.0. The summed E-state index contributed by atoms with van der Waals surface area (Å²) in [7, 11) is 0. The number of benzene rings is 1. The second kappa shape index (κ2) is 9.50. The van der Waals surface area contributed by atoms with E-state index in [2.05, 4.69) is 10.4 Å². The van der Waals surface area contributed by atoms with Crippen LogP contribution in [0.2, 0.25) is 0 Å². The molecule has 24 heavy (non-hydrogen) atoms. The van der Waals surface area contributed by atoms with Crippen molar-refractivity contribution in [1.82, 2.24) is 15.1 Å². The van der Waals surface area contributed by atoms with Gasteiger partial charge in [0.15, 0.2) is 5.69 Å². The third-order valence-electron chi connectivity index (χ3n) is 3.01. The maximum atomic E-state index is 12.0. The summed E-state index contributed by atoms with van der Waals surface area (Å²) < 4.78 is 6.62. The van der Waals surface area contributed by atoms with E-state index in [9.17, 15) is 9.59 Å². The number of ether oxygens (including phenoxy) is 1. The number of hydrogen-bond donors (Lipinski definition) is 1. The molecule has 6 heteroatoms. The lowest BCUT2D eigenvalue weighted by Crippen LogP contribution is -2.19. The second-order valence-corrected chi connectivity index (χ2v) is 4.88. The first-order chi connectivity index (χ1) is 11.5. The third kappa shape index (κ3) is 5.22. The van der Waals surface area contributed by atoms with Crippen LogP contribution in [0.25, 0.3) is 5.69 Å². The largest absolute Gasteiger partial charge is 0.461 e. The molecule has 0 radical (unpaired) electrons. The Hall–Kier alpha value is -2.63. The van der Waals surface area contributed by atoms with E-state index in [4.69, 9.17) is 4.74 Å². The molecule has 2 aromatic rings. The molecule has 2 rings (SSSR count). The zero-order chi connectivity index (χ0) is 18.1. The Balaban J connectivity index is 0.00000139. The molecule has 1 heterocycles. The van der Waals surface area contributed by atoms with Crippen molar-refractivity contribution in [1.29, 1.82) is 0 Å². The number of rotatable bonds is 5. The SMILES string of the molecule is CC.CCOC(=O)c1cc(C)nn1-c1cccc(CNC(C)=O)c1. The zero-order valence-electron chi connectivity index (χ0n) is 14.9. The average Bonchev–Trinajstić information content (AvgIpc) is 2.97. The van der Waals surface area contributed by atoms with Crippen molar-refractivity contribution in [3.63, 3.8) is 0 Å². The van der Waals surface area contributed by atoms with Crippen LogP contribution in [0.15, 0.2) is 30.3 Å². The van der Waals surface area contributed by atoms with Crippen LogP contribution in [0, 0.1) is 6.92 Å². The molecule has 0 bridgehead atoms. The molecular weight excluding hydrogens is 306 g/mol.